The van der Waals surface area contributed by atoms with Gasteiger partial charge < -0.3 is 19.5 Å². The highest BCUT2D eigenvalue weighted by Gasteiger charge is 2.44. The van der Waals surface area contributed by atoms with Crippen LogP contribution in [0.15, 0.2) is 30.5 Å². The molecule has 1 amide bonds. The second-order valence-electron chi connectivity index (χ2n) is 8.43. The number of carbonyl (C=O) groups excluding carboxylic acids is 1. The zero-order chi connectivity index (χ0) is 20.4. The van der Waals surface area contributed by atoms with Crippen LogP contribution in [-0.4, -0.2) is 65.1 Å². The van der Waals surface area contributed by atoms with E-state index in [2.05, 4.69) is 35.7 Å². The van der Waals surface area contributed by atoms with E-state index in [4.69, 9.17) is 9.90 Å². The van der Waals surface area contributed by atoms with Gasteiger partial charge in [-0.1, -0.05) is 18.2 Å². The van der Waals surface area contributed by atoms with Crippen molar-refractivity contribution < 1.29 is 14.7 Å². The molecule has 2 aromatic rings. The van der Waals surface area contributed by atoms with Crippen molar-refractivity contribution in [3.05, 3.63) is 36.0 Å². The van der Waals surface area contributed by atoms with Gasteiger partial charge in [-0.25, -0.2) is 0 Å². The number of nitrogens with zero attached hydrogens (tertiary/aromatic N) is 3. The first-order valence-electron chi connectivity index (χ1n) is 9.92. The quantitative estimate of drug-likeness (QED) is 0.825. The number of aryl methyl sites for hydroxylation is 1. The summed E-state index contributed by atoms with van der Waals surface area (Å²) in [7, 11) is 8.40. The van der Waals surface area contributed by atoms with E-state index in [0.29, 0.717) is 6.04 Å². The van der Waals surface area contributed by atoms with Crippen LogP contribution in [0.1, 0.15) is 36.0 Å². The predicted molar refractivity (Wildman–Crippen MR) is 110 cm³/mol. The van der Waals surface area contributed by atoms with Gasteiger partial charge in [0.1, 0.15) is 0 Å². The van der Waals surface area contributed by atoms with E-state index >= 15 is 0 Å². The third kappa shape index (κ3) is 3.78. The maximum absolute atomic E-state index is 13.2. The highest BCUT2D eigenvalue weighted by atomic mass is 16.3. The minimum Gasteiger partial charge on any atom is -0.483 e. The fourth-order valence-corrected chi connectivity index (χ4v) is 5.16. The molecule has 152 valence electrons. The lowest BCUT2D eigenvalue weighted by Gasteiger charge is -2.27. The van der Waals surface area contributed by atoms with E-state index in [1.807, 2.05) is 37.3 Å². The molecule has 6 heteroatoms. The summed E-state index contributed by atoms with van der Waals surface area (Å²) in [6, 6.07) is 9.30. The Labute approximate surface area is 166 Å². The number of benzene rings is 1. The molecular weight excluding hydrogens is 354 g/mol. The molecule has 0 aliphatic heterocycles. The fraction of sp³-hybridized carbons (Fsp3) is 0.545. The third-order valence-corrected chi connectivity index (χ3v) is 6.69. The average molecular weight is 386 g/mol. The van der Waals surface area contributed by atoms with Crippen LogP contribution in [-0.2, 0) is 11.8 Å². The molecule has 2 saturated carbocycles. The van der Waals surface area contributed by atoms with Gasteiger partial charge in [-0.3, -0.25) is 9.59 Å². The van der Waals surface area contributed by atoms with Crippen LogP contribution in [0, 0.1) is 11.8 Å². The largest absolute Gasteiger partial charge is 0.483 e. The van der Waals surface area contributed by atoms with Crippen LogP contribution in [0.3, 0.4) is 0 Å². The maximum Gasteiger partial charge on any atom is 0.290 e. The lowest BCUT2D eigenvalue weighted by atomic mass is 10.0. The number of carboxylic acid groups (broad SMARTS) is 1. The summed E-state index contributed by atoms with van der Waals surface area (Å²) in [5.41, 5.74) is 1.96. The first kappa shape index (κ1) is 20.4. The van der Waals surface area contributed by atoms with Crippen LogP contribution in [0.5, 0.6) is 0 Å². The monoisotopic (exact) mass is 385 g/mol. The van der Waals surface area contributed by atoms with Gasteiger partial charge in [0.25, 0.3) is 12.4 Å². The topological polar surface area (TPSA) is 65.8 Å². The van der Waals surface area contributed by atoms with Gasteiger partial charge in [0.2, 0.25) is 0 Å². The van der Waals surface area contributed by atoms with Crippen LogP contribution in [0.2, 0.25) is 0 Å². The van der Waals surface area contributed by atoms with E-state index in [0.717, 1.165) is 34.3 Å². The summed E-state index contributed by atoms with van der Waals surface area (Å²) < 4.78 is 2.06. The standard InChI is InChI=1S/C21H29N3O.CH2O2/c1-22(2)16-9-14-11-17(12-15(14)10-16)24(4)21(25)19-13-23(3)20-8-6-5-7-18(19)20;2-1-3/h5-8,13-17H,9-12H2,1-4H3;1H,(H,2,3)/t14-,15+,16?,17?;. The van der Waals surface area contributed by atoms with Crippen molar-refractivity contribution in [2.24, 2.45) is 18.9 Å². The van der Waals surface area contributed by atoms with Crippen molar-refractivity contribution in [2.75, 3.05) is 21.1 Å². The second-order valence-corrected chi connectivity index (χ2v) is 8.43. The van der Waals surface area contributed by atoms with E-state index in [9.17, 15) is 4.79 Å². The summed E-state index contributed by atoms with van der Waals surface area (Å²) in [5.74, 6) is 1.76. The number of amides is 1. The summed E-state index contributed by atoms with van der Waals surface area (Å²) in [6.45, 7) is -0.250. The highest BCUT2D eigenvalue weighted by Crippen LogP contribution is 2.46. The molecule has 2 aliphatic carbocycles. The molecule has 0 spiro atoms. The summed E-state index contributed by atoms with van der Waals surface area (Å²) >= 11 is 0. The number of carbonyl (C=O) groups is 2. The fourth-order valence-electron chi connectivity index (χ4n) is 5.16. The zero-order valence-electron chi connectivity index (χ0n) is 17.2. The van der Waals surface area contributed by atoms with Gasteiger partial charge >= 0.3 is 0 Å². The van der Waals surface area contributed by atoms with Crippen molar-refractivity contribution in [3.63, 3.8) is 0 Å². The number of rotatable bonds is 3. The Kier molecular flexibility index (Phi) is 6.08. The molecule has 1 heterocycles. The molecule has 0 radical (unpaired) electrons. The zero-order valence-corrected chi connectivity index (χ0v) is 17.2. The molecule has 6 nitrogen and oxygen atoms in total. The molecule has 1 N–H and O–H groups in total. The summed E-state index contributed by atoms with van der Waals surface area (Å²) in [4.78, 5) is 25.9. The van der Waals surface area contributed by atoms with Crippen LogP contribution < -0.4 is 0 Å². The molecule has 0 bridgehead atoms. The first-order chi connectivity index (χ1) is 13.4. The van der Waals surface area contributed by atoms with Gasteiger partial charge in [0, 0.05) is 43.3 Å². The first-order valence-corrected chi connectivity index (χ1v) is 9.92. The molecule has 4 atom stereocenters. The van der Waals surface area contributed by atoms with Gasteiger partial charge in [-0.2, -0.15) is 0 Å². The number of para-hydroxylation sites is 1. The van der Waals surface area contributed by atoms with Gasteiger partial charge in [-0.15, -0.1) is 0 Å². The molecule has 4 rings (SSSR count). The molecule has 1 aromatic heterocycles. The van der Waals surface area contributed by atoms with Crippen molar-refractivity contribution in [3.8, 4) is 0 Å². The van der Waals surface area contributed by atoms with Gasteiger partial charge in [0.15, 0.2) is 0 Å². The highest BCUT2D eigenvalue weighted by molar-refractivity contribution is 6.07. The Morgan fingerprint density at radius 3 is 2.18 bits per heavy atom. The molecule has 2 fully saturated rings. The lowest BCUT2D eigenvalue weighted by Crippen LogP contribution is -2.36. The minimum atomic E-state index is -0.250. The molecule has 2 unspecified atom stereocenters. The van der Waals surface area contributed by atoms with Gasteiger partial charge in [0.05, 0.1) is 5.56 Å². The predicted octanol–water partition coefficient (Wildman–Crippen LogP) is 3.07. The summed E-state index contributed by atoms with van der Waals surface area (Å²) in [6.07, 6.45) is 6.92. The smallest absolute Gasteiger partial charge is 0.290 e. The van der Waals surface area contributed by atoms with E-state index in [1.54, 1.807) is 0 Å². The van der Waals surface area contributed by atoms with Crippen molar-refractivity contribution in [2.45, 2.75) is 37.8 Å². The molecule has 1 aromatic carbocycles. The molecule has 0 saturated heterocycles. The van der Waals surface area contributed by atoms with Crippen molar-refractivity contribution in [1.82, 2.24) is 14.4 Å². The van der Waals surface area contributed by atoms with Crippen LogP contribution in [0.4, 0.5) is 0 Å². The minimum absolute atomic E-state index is 0.172. The van der Waals surface area contributed by atoms with E-state index in [-0.39, 0.29) is 12.4 Å². The third-order valence-electron chi connectivity index (χ3n) is 6.69. The maximum atomic E-state index is 13.2. The van der Waals surface area contributed by atoms with E-state index < -0.39 is 0 Å². The van der Waals surface area contributed by atoms with E-state index in [1.165, 1.54) is 25.7 Å². The Balaban J connectivity index is 0.000000706. The van der Waals surface area contributed by atoms with Crippen LogP contribution >= 0.6 is 0 Å². The van der Waals surface area contributed by atoms with Gasteiger partial charge in [-0.05, 0) is 57.7 Å². The Morgan fingerprint density at radius 2 is 1.61 bits per heavy atom. The number of hydrogen-bond acceptors (Lipinski definition) is 3. The lowest BCUT2D eigenvalue weighted by molar-refractivity contribution is -0.122. The van der Waals surface area contributed by atoms with Crippen LogP contribution in [0.25, 0.3) is 10.9 Å². The second kappa shape index (κ2) is 8.35. The Hall–Kier alpha value is -2.34. The van der Waals surface area contributed by atoms with Crippen molar-refractivity contribution >= 4 is 23.3 Å². The number of aromatic nitrogens is 1. The average Bonchev–Trinajstić information content (AvgIpc) is 3.33. The Bertz CT molecular complexity index is 831. The summed E-state index contributed by atoms with van der Waals surface area (Å²) in [5, 5.41) is 7.95. The molecular formula is C22H31N3O3. The Morgan fingerprint density at radius 1 is 1.07 bits per heavy atom. The van der Waals surface area contributed by atoms with Crippen molar-refractivity contribution in [1.29, 1.82) is 0 Å². The SMILES string of the molecule is CN(C)C1C[C@@H]2CC(N(C)C(=O)c3cn(C)c4ccccc34)C[C@@H]2C1.O=CO. The number of hydrogen-bond donors (Lipinski definition) is 1. The molecule has 2 aliphatic rings. The molecule has 28 heavy (non-hydrogen) atoms. The normalized spacial score (nSPS) is 26.0. The number of fused-ring (bicyclic) bond motifs is 2.